The predicted molar refractivity (Wildman–Crippen MR) is 72.4 cm³/mol. The van der Waals surface area contributed by atoms with Crippen LogP contribution in [0.3, 0.4) is 0 Å². The first-order valence-corrected chi connectivity index (χ1v) is 8.50. The minimum atomic E-state index is -3.11. The summed E-state index contributed by atoms with van der Waals surface area (Å²) in [5.41, 5.74) is 0.946. The molecule has 0 amide bonds. The number of nitrogens with one attached hydrogen (secondary N) is 1. The van der Waals surface area contributed by atoms with Crippen molar-refractivity contribution >= 4 is 15.5 Å². The molecule has 1 aromatic rings. The predicted octanol–water partition coefficient (Wildman–Crippen LogP) is 2.69. The van der Waals surface area contributed by atoms with Crippen molar-refractivity contribution in [1.82, 2.24) is 0 Å². The Morgan fingerprint density at radius 1 is 1.17 bits per heavy atom. The minimum absolute atomic E-state index is 0.401. The summed E-state index contributed by atoms with van der Waals surface area (Å²) in [6.45, 7) is 0. The minimum Gasteiger partial charge on any atom is -0.382 e. The van der Waals surface area contributed by atoms with Gasteiger partial charge in [0.2, 0.25) is 0 Å². The molecule has 0 aromatic heterocycles. The van der Waals surface area contributed by atoms with E-state index in [1.165, 1.54) is 31.9 Å². The van der Waals surface area contributed by atoms with Gasteiger partial charge in [-0.25, -0.2) is 8.42 Å². The highest BCUT2D eigenvalue weighted by atomic mass is 32.2. The Labute approximate surface area is 109 Å². The Balaban J connectivity index is 1.79. The third-order valence-corrected chi connectivity index (χ3v) is 4.97. The molecule has 0 aliphatic heterocycles. The van der Waals surface area contributed by atoms with E-state index in [9.17, 15) is 8.42 Å². The van der Waals surface area contributed by atoms with E-state index in [0.29, 0.717) is 10.9 Å². The van der Waals surface area contributed by atoms with Crippen LogP contribution < -0.4 is 5.32 Å². The second kappa shape index (κ2) is 4.26. The molecule has 0 radical (unpaired) electrons. The molecule has 3 nitrogen and oxygen atoms in total. The van der Waals surface area contributed by atoms with Gasteiger partial charge in [-0.15, -0.1) is 0 Å². The maximum Gasteiger partial charge on any atom is 0.175 e. The molecule has 4 heteroatoms. The lowest BCUT2D eigenvalue weighted by atomic mass is 10.1. The molecule has 2 fully saturated rings. The van der Waals surface area contributed by atoms with Crippen molar-refractivity contribution in [3.63, 3.8) is 0 Å². The summed E-state index contributed by atoms with van der Waals surface area (Å²) in [6, 6.07) is 7.75. The van der Waals surface area contributed by atoms with Gasteiger partial charge >= 0.3 is 0 Å². The molecule has 2 aliphatic carbocycles. The van der Waals surface area contributed by atoms with Crippen LogP contribution >= 0.6 is 0 Å². The van der Waals surface area contributed by atoms with E-state index in [-0.39, 0.29) is 0 Å². The molecule has 0 unspecified atom stereocenters. The van der Waals surface area contributed by atoms with Crippen LogP contribution in [0, 0.1) is 11.8 Å². The van der Waals surface area contributed by atoms with Gasteiger partial charge in [-0.3, -0.25) is 0 Å². The summed E-state index contributed by atoms with van der Waals surface area (Å²) < 4.78 is 23.1. The molecule has 1 N–H and O–H groups in total. The number of sulfone groups is 1. The van der Waals surface area contributed by atoms with E-state index in [0.717, 1.165) is 17.5 Å². The molecule has 98 valence electrons. The van der Waals surface area contributed by atoms with E-state index >= 15 is 0 Å². The van der Waals surface area contributed by atoms with Crippen LogP contribution in [-0.2, 0) is 9.84 Å². The average Bonchev–Trinajstić information content (AvgIpc) is 3.16. The molecule has 2 saturated carbocycles. The third-order valence-electron chi connectivity index (χ3n) is 3.86. The molecular weight excluding hydrogens is 246 g/mol. The van der Waals surface area contributed by atoms with Gasteiger partial charge < -0.3 is 5.32 Å². The lowest BCUT2D eigenvalue weighted by Gasteiger charge is -2.19. The van der Waals surface area contributed by atoms with Crippen molar-refractivity contribution in [2.24, 2.45) is 11.8 Å². The summed E-state index contributed by atoms with van der Waals surface area (Å²) in [5.74, 6) is 1.61. The van der Waals surface area contributed by atoms with Crippen LogP contribution in [0.1, 0.15) is 25.7 Å². The molecule has 18 heavy (non-hydrogen) atoms. The largest absolute Gasteiger partial charge is 0.382 e. The van der Waals surface area contributed by atoms with E-state index in [1.807, 2.05) is 12.1 Å². The Hall–Kier alpha value is -1.03. The first-order valence-electron chi connectivity index (χ1n) is 6.61. The number of anilines is 1. The number of hydrogen-bond donors (Lipinski definition) is 1. The van der Waals surface area contributed by atoms with Gasteiger partial charge in [0.15, 0.2) is 9.84 Å². The van der Waals surface area contributed by atoms with Crippen LogP contribution in [0.25, 0.3) is 0 Å². The van der Waals surface area contributed by atoms with Crippen LogP contribution in [0.2, 0.25) is 0 Å². The molecule has 3 rings (SSSR count). The molecule has 2 aliphatic rings. The average molecular weight is 265 g/mol. The maximum absolute atomic E-state index is 11.5. The zero-order valence-electron chi connectivity index (χ0n) is 10.6. The van der Waals surface area contributed by atoms with Gasteiger partial charge in [0.25, 0.3) is 0 Å². The van der Waals surface area contributed by atoms with Gasteiger partial charge in [0, 0.05) is 18.0 Å². The second-order valence-corrected chi connectivity index (χ2v) is 7.66. The van der Waals surface area contributed by atoms with Crippen molar-refractivity contribution in [3.05, 3.63) is 24.3 Å². The monoisotopic (exact) mass is 265 g/mol. The first kappa shape index (κ1) is 12.0. The molecule has 1 aromatic carbocycles. The van der Waals surface area contributed by atoms with Crippen molar-refractivity contribution < 1.29 is 8.42 Å². The lowest BCUT2D eigenvalue weighted by molar-refractivity contribution is 0.567. The highest BCUT2D eigenvalue weighted by Crippen LogP contribution is 2.45. The van der Waals surface area contributed by atoms with Gasteiger partial charge in [-0.1, -0.05) is 6.07 Å². The summed E-state index contributed by atoms with van der Waals surface area (Å²) in [6.07, 6.45) is 6.53. The zero-order chi connectivity index (χ0) is 12.8. The molecule has 0 heterocycles. The highest BCUT2D eigenvalue weighted by molar-refractivity contribution is 7.90. The quantitative estimate of drug-likeness (QED) is 0.890. The molecule has 0 saturated heterocycles. The summed E-state index contributed by atoms with van der Waals surface area (Å²) in [4.78, 5) is 0.401. The maximum atomic E-state index is 11.5. The van der Waals surface area contributed by atoms with E-state index in [2.05, 4.69) is 5.32 Å². The molecule has 0 spiro atoms. The summed E-state index contributed by atoms with van der Waals surface area (Å²) in [5, 5.41) is 3.55. The summed E-state index contributed by atoms with van der Waals surface area (Å²) in [7, 11) is -3.11. The van der Waals surface area contributed by atoms with Crippen molar-refractivity contribution in [2.75, 3.05) is 11.6 Å². The van der Waals surface area contributed by atoms with Gasteiger partial charge in [0.1, 0.15) is 0 Å². The summed E-state index contributed by atoms with van der Waals surface area (Å²) >= 11 is 0. The van der Waals surface area contributed by atoms with Crippen LogP contribution in [0.5, 0.6) is 0 Å². The zero-order valence-corrected chi connectivity index (χ0v) is 11.4. The molecule has 0 bridgehead atoms. The first-order chi connectivity index (χ1) is 8.54. The van der Waals surface area contributed by atoms with Crippen molar-refractivity contribution in [3.8, 4) is 0 Å². The number of hydrogen-bond acceptors (Lipinski definition) is 3. The molecular formula is C14H19NO2S. The van der Waals surface area contributed by atoms with Gasteiger partial charge in [0.05, 0.1) is 4.90 Å². The number of benzene rings is 1. The normalized spacial score (nSPS) is 20.1. The molecule has 0 atom stereocenters. The topological polar surface area (TPSA) is 46.2 Å². The SMILES string of the molecule is CS(=O)(=O)c1cccc(NC(C2CC2)C2CC2)c1. The standard InChI is InChI=1S/C14H19NO2S/c1-18(16,17)13-4-2-3-12(9-13)15-14(10-5-6-10)11-7-8-11/h2-4,9-11,14-15H,5-8H2,1H3. The van der Waals surface area contributed by atoms with Crippen molar-refractivity contribution in [1.29, 1.82) is 0 Å². The van der Waals surface area contributed by atoms with E-state index in [4.69, 9.17) is 0 Å². The van der Waals surface area contributed by atoms with Gasteiger partial charge in [-0.05, 0) is 55.7 Å². The Morgan fingerprint density at radius 2 is 1.78 bits per heavy atom. The Kier molecular flexibility index (Phi) is 2.85. The number of rotatable bonds is 5. The fourth-order valence-corrected chi connectivity index (χ4v) is 3.21. The van der Waals surface area contributed by atoms with E-state index < -0.39 is 9.84 Å². The highest BCUT2D eigenvalue weighted by Gasteiger charge is 2.41. The van der Waals surface area contributed by atoms with Crippen LogP contribution in [-0.4, -0.2) is 20.7 Å². The lowest BCUT2D eigenvalue weighted by Crippen LogP contribution is -2.24. The Morgan fingerprint density at radius 3 is 2.28 bits per heavy atom. The van der Waals surface area contributed by atoms with Crippen LogP contribution in [0.15, 0.2) is 29.2 Å². The fourth-order valence-electron chi connectivity index (χ4n) is 2.54. The van der Waals surface area contributed by atoms with E-state index in [1.54, 1.807) is 12.1 Å². The van der Waals surface area contributed by atoms with Crippen LogP contribution in [0.4, 0.5) is 5.69 Å². The van der Waals surface area contributed by atoms with Gasteiger partial charge in [-0.2, -0.15) is 0 Å². The smallest absolute Gasteiger partial charge is 0.175 e. The third kappa shape index (κ3) is 2.69. The second-order valence-electron chi connectivity index (χ2n) is 5.64. The Bertz CT molecular complexity index is 533. The fraction of sp³-hybridized carbons (Fsp3) is 0.571. The van der Waals surface area contributed by atoms with Crippen molar-refractivity contribution in [2.45, 2.75) is 36.6 Å².